The largest absolute Gasteiger partial charge is 0.497 e. The van der Waals surface area contributed by atoms with E-state index in [0.29, 0.717) is 65.6 Å². The number of rotatable bonds is 10. The second-order valence-corrected chi connectivity index (χ2v) is 10.6. The molecule has 212 valence electrons. The predicted octanol–water partition coefficient (Wildman–Crippen LogP) is 4.38. The molecule has 2 heterocycles. The number of hydrogen-bond donors (Lipinski definition) is 0. The Morgan fingerprint density at radius 1 is 1.02 bits per heavy atom. The number of thiazole rings is 1. The topological polar surface area (TPSA) is 97.6 Å². The van der Waals surface area contributed by atoms with Gasteiger partial charge in [-0.1, -0.05) is 24.7 Å². The predicted molar refractivity (Wildman–Crippen MR) is 156 cm³/mol. The summed E-state index contributed by atoms with van der Waals surface area (Å²) in [6.45, 7) is 3.94. The Morgan fingerprint density at radius 2 is 1.75 bits per heavy atom. The van der Waals surface area contributed by atoms with Crippen LogP contribution < -0.4 is 33.8 Å². The molecular formula is C29H31BrN2O7S. The molecule has 1 atom stereocenters. The minimum Gasteiger partial charge on any atom is -0.497 e. The average Bonchev–Trinajstić information content (AvgIpc) is 3.26. The SMILES string of the molecule is CCCC1=C(C(=O)OCC)[C@H](c2cc(OC)ccc2OC)n2c(s/c(=C\c3cc(Br)c(OC)cc3OC)c2=O)=N1. The molecule has 2 aromatic carbocycles. The van der Waals surface area contributed by atoms with Crippen LogP contribution in [-0.4, -0.2) is 45.6 Å². The quantitative estimate of drug-likeness (QED) is 0.307. The molecule has 0 aliphatic carbocycles. The minimum atomic E-state index is -0.839. The first-order chi connectivity index (χ1) is 19.3. The zero-order chi connectivity index (χ0) is 29.0. The van der Waals surface area contributed by atoms with E-state index in [9.17, 15) is 9.59 Å². The third-order valence-corrected chi connectivity index (χ3v) is 8.02. The second-order valence-electron chi connectivity index (χ2n) is 8.75. The first-order valence-electron chi connectivity index (χ1n) is 12.7. The summed E-state index contributed by atoms with van der Waals surface area (Å²) < 4.78 is 30.3. The van der Waals surface area contributed by atoms with Crippen molar-refractivity contribution >= 4 is 39.3 Å². The van der Waals surface area contributed by atoms with Crippen molar-refractivity contribution in [3.8, 4) is 23.0 Å². The number of allylic oxidation sites excluding steroid dienone is 1. The molecule has 3 aromatic rings. The third-order valence-electron chi connectivity index (χ3n) is 6.41. The van der Waals surface area contributed by atoms with E-state index in [1.807, 2.05) is 13.0 Å². The molecule has 0 amide bonds. The average molecular weight is 632 g/mol. The Labute approximate surface area is 244 Å². The highest BCUT2D eigenvalue weighted by molar-refractivity contribution is 9.10. The van der Waals surface area contributed by atoms with Crippen molar-refractivity contribution in [2.75, 3.05) is 35.0 Å². The lowest BCUT2D eigenvalue weighted by Crippen LogP contribution is -2.40. The number of benzene rings is 2. The van der Waals surface area contributed by atoms with E-state index in [-0.39, 0.29) is 12.2 Å². The van der Waals surface area contributed by atoms with E-state index in [0.717, 1.165) is 6.42 Å². The van der Waals surface area contributed by atoms with Gasteiger partial charge in [0.1, 0.15) is 29.0 Å². The zero-order valence-corrected chi connectivity index (χ0v) is 25.6. The molecule has 4 rings (SSSR count). The van der Waals surface area contributed by atoms with E-state index in [4.69, 9.17) is 28.7 Å². The Hall–Kier alpha value is -3.57. The Bertz CT molecular complexity index is 1640. The summed E-state index contributed by atoms with van der Waals surface area (Å²) in [5, 5.41) is 0. The highest BCUT2D eigenvalue weighted by Crippen LogP contribution is 2.39. The smallest absolute Gasteiger partial charge is 0.338 e. The van der Waals surface area contributed by atoms with Gasteiger partial charge in [0.2, 0.25) is 0 Å². The van der Waals surface area contributed by atoms with E-state index >= 15 is 0 Å². The molecule has 0 fully saturated rings. The van der Waals surface area contributed by atoms with Crippen LogP contribution in [0.15, 0.2) is 55.9 Å². The summed E-state index contributed by atoms with van der Waals surface area (Å²) in [7, 11) is 6.23. The maximum absolute atomic E-state index is 14.1. The number of aromatic nitrogens is 1. The van der Waals surface area contributed by atoms with Gasteiger partial charge in [0.05, 0.1) is 55.3 Å². The van der Waals surface area contributed by atoms with E-state index in [2.05, 4.69) is 15.9 Å². The van der Waals surface area contributed by atoms with Crippen molar-refractivity contribution in [3.63, 3.8) is 0 Å². The number of esters is 1. The van der Waals surface area contributed by atoms with Gasteiger partial charge >= 0.3 is 5.97 Å². The van der Waals surface area contributed by atoms with Crippen molar-refractivity contribution in [1.29, 1.82) is 0 Å². The van der Waals surface area contributed by atoms with E-state index in [1.54, 1.807) is 65.7 Å². The first-order valence-corrected chi connectivity index (χ1v) is 14.3. The lowest BCUT2D eigenvalue weighted by molar-refractivity contribution is -0.139. The second kappa shape index (κ2) is 12.7. The molecule has 1 aliphatic heterocycles. The van der Waals surface area contributed by atoms with Crippen LogP contribution in [0.25, 0.3) is 6.08 Å². The van der Waals surface area contributed by atoms with Crippen molar-refractivity contribution < 1.29 is 28.5 Å². The minimum absolute atomic E-state index is 0.181. The van der Waals surface area contributed by atoms with Crippen molar-refractivity contribution in [2.45, 2.75) is 32.7 Å². The van der Waals surface area contributed by atoms with Crippen molar-refractivity contribution in [1.82, 2.24) is 4.57 Å². The van der Waals surface area contributed by atoms with Crippen LogP contribution in [0.2, 0.25) is 0 Å². The number of carbonyl (C=O) groups excluding carboxylic acids is 1. The number of carbonyl (C=O) groups is 1. The molecule has 0 unspecified atom stereocenters. The zero-order valence-electron chi connectivity index (χ0n) is 23.2. The molecule has 40 heavy (non-hydrogen) atoms. The van der Waals surface area contributed by atoms with Gasteiger partial charge in [0.15, 0.2) is 4.80 Å². The summed E-state index contributed by atoms with van der Waals surface area (Å²) in [6, 6.07) is 8.03. The van der Waals surface area contributed by atoms with E-state index < -0.39 is 12.0 Å². The maximum Gasteiger partial charge on any atom is 0.338 e. The number of ether oxygens (including phenoxy) is 5. The van der Waals surface area contributed by atoms with Crippen LogP contribution in [0.1, 0.15) is 43.9 Å². The van der Waals surface area contributed by atoms with Gasteiger partial charge in [-0.2, -0.15) is 0 Å². The van der Waals surface area contributed by atoms with Gasteiger partial charge in [0, 0.05) is 17.2 Å². The number of hydrogen-bond acceptors (Lipinski definition) is 9. The molecule has 1 aromatic heterocycles. The molecule has 11 heteroatoms. The molecule has 1 aliphatic rings. The van der Waals surface area contributed by atoms with Gasteiger partial charge in [-0.25, -0.2) is 9.79 Å². The van der Waals surface area contributed by atoms with Gasteiger partial charge < -0.3 is 23.7 Å². The Morgan fingerprint density at radius 3 is 2.38 bits per heavy atom. The fourth-order valence-electron chi connectivity index (χ4n) is 4.61. The molecule has 0 bridgehead atoms. The number of nitrogens with zero attached hydrogens (tertiary/aromatic N) is 2. The number of fused-ring (bicyclic) bond motifs is 1. The van der Waals surface area contributed by atoms with Crippen LogP contribution >= 0.6 is 27.3 Å². The van der Waals surface area contributed by atoms with Gasteiger partial charge in [-0.3, -0.25) is 9.36 Å². The summed E-state index contributed by atoms with van der Waals surface area (Å²) >= 11 is 4.75. The molecule has 0 saturated carbocycles. The summed E-state index contributed by atoms with van der Waals surface area (Å²) in [4.78, 5) is 32.8. The fraction of sp³-hybridized carbons (Fsp3) is 0.345. The molecule has 0 N–H and O–H groups in total. The highest BCUT2D eigenvalue weighted by Gasteiger charge is 2.36. The number of methoxy groups -OCH3 is 4. The van der Waals surface area contributed by atoms with Crippen molar-refractivity contribution in [3.05, 3.63) is 76.9 Å². The fourth-order valence-corrected chi connectivity index (χ4v) is 6.14. The molecule has 0 radical (unpaired) electrons. The summed E-state index contributed by atoms with van der Waals surface area (Å²) in [5.74, 6) is 1.67. The van der Waals surface area contributed by atoms with Crippen LogP contribution in [0.4, 0.5) is 0 Å². The van der Waals surface area contributed by atoms with Crippen LogP contribution in [0, 0.1) is 0 Å². The number of halogens is 1. The molecule has 0 spiro atoms. The molecule has 9 nitrogen and oxygen atoms in total. The van der Waals surface area contributed by atoms with Crippen molar-refractivity contribution in [2.24, 2.45) is 4.99 Å². The monoisotopic (exact) mass is 630 g/mol. The normalized spacial score (nSPS) is 14.9. The summed E-state index contributed by atoms with van der Waals surface area (Å²) in [6.07, 6.45) is 3.02. The lowest BCUT2D eigenvalue weighted by Gasteiger charge is -2.27. The Balaban J connectivity index is 2.06. The van der Waals surface area contributed by atoms with Crippen LogP contribution in [-0.2, 0) is 9.53 Å². The molecular weight excluding hydrogens is 600 g/mol. The van der Waals surface area contributed by atoms with Gasteiger partial charge in [-0.05, 0) is 59.6 Å². The first kappa shape index (κ1) is 29.4. The summed E-state index contributed by atoms with van der Waals surface area (Å²) in [5.41, 5.74) is 1.83. The van der Waals surface area contributed by atoms with Gasteiger partial charge in [-0.15, -0.1) is 0 Å². The maximum atomic E-state index is 14.1. The standard InChI is InChI=1S/C29H31BrN2O7S/c1-7-9-20-25(28(34)39-8-2)26(18-14-17(35-3)10-11-21(18)36-4)32-27(33)24(40-29(32)31-20)13-16-12-19(30)23(38-6)15-22(16)37-5/h10-15,26H,7-9H2,1-6H3/b24-13-/t26-/m0/s1. The van der Waals surface area contributed by atoms with E-state index in [1.165, 1.54) is 15.9 Å². The molecule has 0 saturated heterocycles. The van der Waals surface area contributed by atoms with Crippen LogP contribution in [0.3, 0.4) is 0 Å². The lowest BCUT2D eigenvalue weighted by atomic mass is 9.93. The van der Waals surface area contributed by atoms with Crippen LogP contribution in [0.5, 0.6) is 23.0 Å². The highest BCUT2D eigenvalue weighted by atomic mass is 79.9. The third kappa shape index (κ3) is 5.53. The van der Waals surface area contributed by atoms with Gasteiger partial charge in [0.25, 0.3) is 5.56 Å². The Kier molecular flexibility index (Phi) is 9.36.